The van der Waals surface area contributed by atoms with Gasteiger partial charge in [0.15, 0.2) is 0 Å². The van der Waals surface area contributed by atoms with Crippen molar-refractivity contribution in [2.24, 2.45) is 11.8 Å². The van der Waals surface area contributed by atoms with Crippen molar-refractivity contribution in [1.29, 1.82) is 0 Å². The van der Waals surface area contributed by atoms with Crippen molar-refractivity contribution >= 4 is 17.3 Å². The molecule has 0 bridgehead atoms. The van der Waals surface area contributed by atoms with Gasteiger partial charge < -0.3 is 16.4 Å². The number of nitrogens with zero attached hydrogens (tertiary/aromatic N) is 2. The van der Waals surface area contributed by atoms with E-state index in [1.54, 1.807) is 0 Å². The predicted octanol–water partition coefficient (Wildman–Crippen LogP) is 1.48. The summed E-state index contributed by atoms with van der Waals surface area (Å²) in [6.07, 6.45) is 4.16. The van der Waals surface area contributed by atoms with Gasteiger partial charge in [0.2, 0.25) is 0 Å². The number of hydrogen-bond donors (Lipinski definition) is 2. The zero-order valence-corrected chi connectivity index (χ0v) is 9.39. The minimum Gasteiger partial charge on any atom is -0.396 e. The maximum atomic E-state index is 5.74. The Morgan fingerprint density at radius 3 is 2.44 bits per heavy atom. The van der Waals surface area contributed by atoms with Crippen molar-refractivity contribution < 1.29 is 0 Å². The van der Waals surface area contributed by atoms with Gasteiger partial charge in [-0.15, -0.1) is 0 Å². The molecule has 0 amide bonds. The van der Waals surface area contributed by atoms with E-state index in [9.17, 15) is 0 Å². The summed E-state index contributed by atoms with van der Waals surface area (Å²) in [6.45, 7) is 2.28. The maximum Gasteiger partial charge on any atom is 0.149 e. The monoisotopic (exact) mass is 218 g/mol. The first kappa shape index (κ1) is 9.75. The summed E-state index contributed by atoms with van der Waals surface area (Å²) in [6, 6.07) is 3.83. The zero-order valence-electron chi connectivity index (χ0n) is 9.39. The van der Waals surface area contributed by atoms with Crippen LogP contribution >= 0.6 is 0 Å². The van der Waals surface area contributed by atoms with Crippen LogP contribution in [0.5, 0.6) is 0 Å². The summed E-state index contributed by atoms with van der Waals surface area (Å²) in [5.41, 5.74) is 12.0. The molecule has 3 rings (SSSR count). The van der Waals surface area contributed by atoms with E-state index in [1.807, 2.05) is 12.1 Å². The highest BCUT2D eigenvalue weighted by molar-refractivity contribution is 5.62. The molecule has 1 saturated heterocycles. The Labute approximate surface area is 95.6 Å². The molecule has 0 spiro atoms. The van der Waals surface area contributed by atoms with E-state index >= 15 is 0 Å². The molecule has 1 aliphatic carbocycles. The van der Waals surface area contributed by atoms with Gasteiger partial charge in [0.1, 0.15) is 11.6 Å². The summed E-state index contributed by atoms with van der Waals surface area (Å²) in [7, 11) is 0. The SMILES string of the molecule is Nc1ccc(N2CC3CCCC3C2)nc1N. The normalized spacial score (nSPS) is 28.4. The van der Waals surface area contributed by atoms with Crippen molar-refractivity contribution in [1.82, 2.24) is 4.98 Å². The van der Waals surface area contributed by atoms with Crippen LogP contribution < -0.4 is 16.4 Å². The largest absolute Gasteiger partial charge is 0.396 e. The minimum atomic E-state index is 0.453. The molecule has 2 fully saturated rings. The molecule has 4 heteroatoms. The number of pyridine rings is 1. The van der Waals surface area contributed by atoms with Crippen LogP contribution in [0.2, 0.25) is 0 Å². The molecular weight excluding hydrogens is 200 g/mol. The van der Waals surface area contributed by atoms with Gasteiger partial charge in [0.25, 0.3) is 0 Å². The lowest BCUT2D eigenvalue weighted by Gasteiger charge is -2.18. The lowest BCUT2D eigenvalue weighted by Crippen LogP contribution is -2.22. The molecular formula is C12H18N4. The molecule has 2 aliphatic rings. The van der Waals surface area contributed by atoms with E-state index < -0.39 is 0 Å². The van der Waals surface area contributed by atoms with Crippen molar-refractivity contribution in [3.63, 3.8) is 0 Å². The fourth-order valence-corrected chi connectivity index (χ4v) is 3.07. The second-order valence-corrected chi connectivity index (χ2v) is 5.00. The fraction of sp³-hybridized carbons (Fsp3) is 0.583. The second kappa shape index (κ2) is 3.54. The van der Waals surface area contributed by atoms with Crippen LogP contribution in [0, 0.1) is 11.8 Å². The van der Waals surface area contributed by atoms with E-state index in [-0.39, 0.29) is 0 Å². The number of nitrogen functional groups attached to an aromatic ring is 2. The molecule has 86 valence electrons. The third-order valence-electron chi connectivity index (χ3n) is 3.99. The molecule has 2 heterocycles. The quantitative estimate of drug-likeness (QED) is 0.749. The second-order valence-electron chi connectivity index (χ2n) is 5.00. The number of fused-ring (bicyclic) bond motifs is 1. The molecule has 1 aliphatic heterocycles. The van der Waals surface area contributed by atoms with E-state index in [4.69, 9.17) is 11.5 Å². The van der Waals surface area contributed by atoms with Crippen LogP contribution in [0.1, 0.15) is 19.3 Å². The van der Waals surface area contributed by atoms with E-state index in [0.717, 1.165) is 30.7 Å². The Bertz CT molecular complexity index is 392. The molecule has 2 atom stereocenters. The lowest BCUT2D eigenvalue weighted by atomic mass is 10.0. The number of nitrogens with two attached hydrogens (primary N) is 2. The van der Waals surface area contributed by atoms with Gasteiger partial charge >= 0.3 is 0 Å². The molecule has 0 radical (unpaired) electrons. The predicted molar refractivity (Wildman–Crippen MR) is 66.1 cm³/mol. The third kappa shape index (κ3) is 1.49. The topological polar surface area (TPSA) is 68.2 Å². The van der Waals surface area contributed by atoms with Crippen molar-refractivity contribution in [3.8, 4) is 0 Å². The van der Waals surface area contributed by atoms with Crippen LogP contribution in [0.15, 0.2) is 12.1 Å². The third-order valence-corrected chi connectivity index (χ3v) is 3.99. The first-order valence-corrected chi connectivity index (χ1v) is 6.01. The number of anilines is 3. The van der Waals surface area contributed by atoms with Gasteiger partial charge in [-0.1, -0.05) is 6.42 Å². The molecule has 2 unspecified atom stereocenters. The first-order chi connectivity index (χ1) is 7.74. The highest BCUT2D eigenvalue weighted by atomic mass is 15.2. The Kier molecular flexibility index (Phi) is 2.16. The Morgan fingerprint density at radius 1 is 1.12 bits per heavy atom. The fourth-order valence-electron chi connectivity index (χ4n) is 3.07. The van der Waals surface area contributed by atoms with E-state index in [2.05, 4.69) is 9.88 Å². The van der Waals surface area contributed by atoms with Crippen molar-refractivity contribution in [2.45, 2.75) is 19.3 Å². The average Bonchev–Trinajstić information content (AvgIpc) is 2.81. The van der Waals surface area contributed by atoms with Crippen molar-refractivity contribution in [2.75, 3.05) is 29.5 Å². The maximum absolute atomic E-state index is 5.74. The van der Waals surface area contributed by atoms with Crippen LogP contribution in [-0.4, -0.2) is 18.1 Å². The summed E-state index contributed by atoms with van der Waals surface area (Å²) in [5, 5.41) is 0. The number of rotatable bonds is 1. The van der Waals surface area contributed by atoms with E-state index in [1.165, 1.54) is 19.3 Å². The van der Waals surface area contributed by atoms with E-state index in [0.29, 0.717) is 11.5 Å². The Balaban J connectivity index is 1.81. The minimum absolute atomic E-state index is 0.453. The Morgan fingerprint density at radius 2 is 1.81 bits per heavy atom. The highest BCUT2D eigenvalue weighted by Crippen LogP contribution is 2.39. The molecule has 1 aromatic heterocycles. The molecule has 0 aromatic carbocycles. The number of aromatic nitrogens is 1. The van der Waals surface area contributed by atoms with Gasteiger partial charge in [-0.2, -0.15) is 0 Å². The van der Waals surface area contributed by atoms with Crippen molar-refractivity contribution in [3.05, 3.63) is 12.1 Å². The van der Waals surface area contributed by atoms with Gasteiger partial charge in [0, 0.05) is 13.1 Å². The number of hydrogen-bond acceptors (Lipinski definition) is 4. The van der Waals surface area contributed by atoms with Crippen LogP contribution in [0.4, 0.5) is 17.3 Å². The molecule has 4 N–H and O–H groups in total. The summed E-state index contributed by atoms with van der Waals surface area (Å²) in [5.74, 6) is 3.19. The first-order valence-electron chi connectivity index (χ1n) is 6.01. The average molecular weight is 218 g/mol. The summed E-state index contributed by atoms with van der Waals surface area (Å²) < 4.78 is 0. The van der Waals surface area contributed by atoms with Crippen LogP contribution in [0.25, 0.3) is 0 Å². The zero-order chi connectivity index (χ0) is 11.1. The van der Waals surface area contributed by atoms with Gasteiger partial charge in [0.05, 0.1) is 5.69 Å². The Hall–Kier alpha value is -1.45. The van der Waals surface area contributed by atoms with Crippen LogP contribution in [0.3, 0.4) is 0 Å². The van der Waals surface area contributed by atoms with Gasteiger partial charge in [-0.25, -0.2) is 4.98 Å². The molecule has 4 nitrogen and oxygen atoms in total. The smallest absolute Gasteiger partial charge is 0.149 e. The summed E-state index contributed by atoms with van der Waals surface area (Å²) in [4.78, 5) is 6.71. The highest BCUT2D eigenvalue weighted by Gasteiger charge is 2.36. The van der Waals surface area contributed by atoms with Gasteiger partial charge in [-0.3, -0.25) is 0 Å². The molecule has 1 saturated carbocycles. The van der Waals surface area contributed by atoms with Gasteiger partial charge in [-0.05, 0) is 36.8 Å². The standard InChI is InChI=1S/C12H18N4/c13-10-4-5-11(15-12(10)14)16-6-8-2-1-3-9(8)7-16/h4-5,8-9H,1-3,6-7,13H2,(H2,14,15). The molecule has 1 aromatic rings. The lowest BCUT2D eigenvalue weighted by molar-refractivity contribution is 0.494. The summed E-state index contributed by atoms with van der Waals surface area (Å²) >= 11 is 0. The van der Waals surface area contributed by atoms with Crippen LogP contribution in [-0.2, 0) is 0 Å². The molecule has 16 heavy (non-hydrogen) atoms.